The molecule has 2 aromatic carbocycles. The lowest BCUT2D eigenvalue weighted by atomic mass is 10.2. The molecule has 4 aromatic rings. The number of rotatable bonds is 1. The first-order valence-electron chi connectivity index (χ1n) is 5.90. The van der Waals surface area contributed by atoms with Gasteiger partial charge in [-0.1, -0.05) is 23.5 Å². The van der Waals surface area contributed by atoms with Crippen LogP contribution in [0.15, 0.2) is 48.7 Å². The highest BCUT2D eigenvalue weighted by Crippen LogP contribution is 2.27. The minimum Gasteiger partial charge on any atom is -0.399 e. The second-order valence-electron chi connectivity index (χ2n) is 4.34. The molecule has 4 rings (SSSR count). The summed E-state index contributed by atoms with van der Waals surface area (Å²) in [5.41, 5.74) is 8.56. The SMILES string of the molecule is Nc1ccc2cnn(-c3nc4ccccc4s3)c2c1. The van der Waals surface area contributed by atoms with Gasteiger partial charge < -0.3 is 5.73 Å². The summed E-state index contributed by atoms with van der Waals surface area (Å²) in [6.45, 7) is 0. The lowest BCUT2D eigenvalue weighted by molar-refractivity contribution is 0.902. The van der Waals surface area contributed by atoms with E-state index in [1.165, 1.54) is 0 Å². The van der Waals surface area contributed by atoms with Crippen LogP contribution in [0.2, 0.25) is 0 Å². The van der Waals surface area contributed by atoms with Gasteiger partial charge in [0.2, 0.25) is 5.13 Å². The van der Waals surface area contributed by atoms with Crippen molar-refractivity contribution in [2.45, 2.75) is 0 Å². The Morgan fingerprint density at radius 1 is 1.11 bits per heavy atom. The Morgan fingerprint density at radius 2 is 2.00 bits per heavy atom. The first-order chi connectivity index (χ1) is 9.31. The molecule has 2 heterocycles. The van der Waals surface area contributed by atoms with Crippen LogP contribution in [0, 0.1) is 0 Å². The van der Waals surface area contributed by atoms with Crippen molar-refractivity contribution in [1.82, 2.24) is 14.8 Å². The average molecular weight is 266 g/mol. The van der Waals surface area contributed by atoms with Crippen molar-refractivity contribution in [3.8, 4) is 5.13 Å². The van der Waals surface area contributed by atoms with Crippen LogP contribution in [0.5, 0.6) is 0 Å². The summed E-state index contributed by atoms with van der Waals surface area (Å²) in [5.74, 6) is 0. The molecule has 0 radical (unpaired) electrons. The second kappa shape index (κ2) is 3.80. The van der Waals surface area contributed by atoms with Crippen molar-refractivity contribution < 1.29 is 0 Å². The summed E-state index contributed by atoms with van der Waals surface area (Å²) in [6.07, 6.45) is 1.83. The monoisotopic (exact) mass is 266 g/mol. The molecule has 0 aliphatic rings. The number of fused-ring (bicyclic) bond motifs is 2. The van der Waals surface area contributed by atoms with Gasteiger partial charge in [-0.15, -0.1) is 0 Å². The maximum atomic E-state index is 5.85. The van der Waals surface area contributed by atoms with E-state index in [0.717, 1.165) is 31.9 Å². The predicted molar refractivity (Wildman–Crippen MR) is 78.7 cm³/mol. The number of aromatic nitrogens is 3. The number of thiazole rings is 1. The molecule has 0 fully saturated rings. The Morgan fingerprint density at radius 3 is 2.89 bits per heavy atom. The zero-order valence-corrected chi connectivity index (χ0v) is 10.8. The van der Waals surface area contributed by atoms with Crippen LogP contribution in [0.4, 0.5) is 5.69 Å². The van der Waals surface area contributed by atoms with Crippen LogP contribution in [-0.2, 0) is 0 Å². The molecule has 2 N–H and O–H groups in total. The number of hydrogen-bond acceptors (Lipinski definition) is 4. The van der Waals surface area contributed by atoms with Gasteiger partial charge in [-0.3, -0.25) is 0 Å². The van der Waals surface area contributed by atoms with Crippen LogP contribution in [-0.4, -0.2) is 14.8 Å². The second-order valence-corrected chi connectivity index (χ2v) is 5.35. The van der Waals surface area contributed by atoms with E-state index in [-0.39, 0.29) is 0 Å². The van der Waals surface area contributed by atoms with Crippen LogP contribution < -0.4 is 5.73 Å². The summed E-state index contributed by atoms with van der Waals surface area (Å²) < 4.78 is 3.00. The maximum Gasteiger partial charge on any atom is 0.212 e. The van der Waals surface area contributed by atoms with Crippen LogP contribution >= 0.6 is 11.3 Å². The van der Waals surface area contributed by atoms with Gasteiger partial charge in [0.15, 0.2) is 0 Å². The zero-order chi connectivity index (χ0) is 12.8. The Bertz CT molecular complexity index is 858. The van der Waals surface area contributed by atoms with Gasteiger partial charge in [-0.25, -0.2) is 9.67 Å². The van der Waals surface area contributed by atoms with Gasteiger partial charge in [0, 0.05) is 11.1 Å². The van der Waals surface area contributed by atoms with Crippen molar-refractivity contribution in [2.75, 3.05) is 5.73 Å². The van der Waals surface area contributed by atoms with E-state index in [1.807, 2.05) is 47.3 Å². The quantitative estimate of drug-likeness (QED) is 0.538. The Labute approximate surface area is 113 Å². The third kappa shape index (κ3) is 1.59. The first kappa shape index (κ1) is 10.5. The molecule has 0 saturated carbocycles. The molecular formula is C14H10N4S. The highest BCUT2D eigenvalue weighted by atomic mass is 32.1. The van der Waals surface area contributed by atoms with Gasteiger partial charge in [0.25, 0.3) is 0 Å². The summed E-state index contributed by atoms with van der Waals surface area (Å²) in [6, 6.07) is 13.9. The van der Waals surface area contributed by atoms with E-state index >= 15 is 0 Å². The summed E-state index contributed by atoms with van der Waals surface area (Å²) in [7, 11) is 0. The molecular weight excluding hydrogens is 256 g/mol. The number of nitrogens with two attached hydrogens (primary N) is 1. The van der Waals surface area contributed by atoms with Gasteiger partial charge in [0.05, 0.1) is 21.9 Å². The fourth-order valence-corrected chi connectivity index (χ4v) is 3.08. The molecule has 5 heteroatoms. The largest absolute Gasteiger partial charge is 0.399 e. The van der Waals surface area contributed by atoms with Crippen molar-refractivity contribution in [2.24, 2.45) is 0 Å². The molecule has 0 atom stereocenters. The highest BCUT2D eigenvalue weighted by molar-refractivity contribution is 7.20. The van der Waals surface area contributed by atoms with Crippen LogP contribution in [0.25, 0.3) is 26.3 Å². The number of para-hydroxylation sites is 1. The van der Waals surface area contributed by atoms with Crippen LogP contribution in [0.3, 0.4) is 0 Å². The third-order valence-corrected chi connectivity index (χ3v) is 4.07. The highest BCUT2D eigenvalue weighted by Gasteiger charge is 2.09. The summed E-state index contributed by atoms with van der Waals surface area (Å²) in [4.78, 5) is 4.61. The molecule has 92 valence electrons. The van der Waals surface area contributed by atoms with Crippen molar-refractivity contribution >= 4 is 38.1 Å². The van der Waals surface area contributed by atoms with E-state index in [9.17, 15) is 0 Å². The zero-order valence-electron chi connectivity index (χ0n) is 9.95. The Kier molecular flexibility index (Phi) is 2.10. The lowest BCUT2D eigenvalue weighted by Gasteiger charge is -1.98. The molecule has 0 aliphatic heterocycles. The molecule has 19 heavy (non-hydrogen) atoms. The fraction of sp³-hybridized carbons (Fsp3) is 0. The maximum absolute atomic E-state index is 5.85. The number of nitrogens with zero attached hydrogens (tertiary/aromatic N) is 3. The third-order valence-electron chi connectivity index (χ3n) is 3.06. The molecule has 0 unspecified atom stereocenters. The molecule has 0 amide bonds. The van der Waals surface area contributed by atoms with Gasteiger partial charge in [-0.2, -0.15) is 5.10 Å². The fourth-order valence-electron chi connectivity index (χ4n) is 2.14. The van der Waals surface area contributed by atoms with E-state index in [0.29, 0.717) is 0 Å². The van der Waals surface area contributed by atoms with E-state index in [1.54, 1.807) is 11.3 Å². The summed E-state index contributed by atoms with van der Waals surface area (Å²) in [5, 5.41) is 6.34. The molecule has 4 nitrogen and oxygen atoms in total. The molecule has 2 aromatic heterocycles. The molecule has 0 saturated heterocycles. The number of anilines is 1. The van der Waals surface area contributed by atoms with Crippen molar-refractivity contribution in [1.29, 1.82) is 0 Å². The standard InChI is InChI=1S/C14H10N4S/c15-10-6-5-9-8-16-18(12(9)7-10)14-17-11-3-1-2-4-13(11)19-14/h1-8H,15H2. The normalized spacial score (nSPS) is 11.4. The average Bonchev–Trinajstić information content (AvgIpc) is 3.00. The van der Waals surface area contributed by atoms with Gasteiger partial charge in [-0.05, 0) is 30.3 Å². The summed E-state index contributed by atoms with van der Waals surface area (Å²) >= 11 is 1.62. The van der Waals surface area contributed by atoms with E-state index in [2.05, 4.69) is 16.1 Å². The molecule has 0 aliphatic carbocycles. The first-order valence-corrected chi connectivity index (χ1v) is 6.72. The number of hydrogen-bond donors (Lipinski definition) is 1. The van der Waals surface area contributed by atoms with Gasteiger partial charge in [0.1, 0.15) is 0 Å². The number of benzene rings is 2. The van der Waals surface area contributed by atoms with Crippen molar-refractivity contribution in [3.05, 3.63) is 48.7 Å². The predicted octanol–water partition coefficient (Wildman–Crippen LogP) is 3.22. The van der Waals surface area contributed by atoms with E-state index in [4.69, 9.17) is 5.73 Å². The van der Waals surface area contributed by atoms with Gasteiger partial charge >= 0.3 is 0 Å². The van der Waals surface area contributed by atoms with Crippen LogP contribution in [0.1, 0.15) is 0 Å². The minimum atomic E-state index is 0.732. The topological polar surface area (TPSA) is 56.7 Å². The van der Waals surface area contributed by atoms with E-state index < -0.39 is 0 Å². The Hall–Kier alpha value is -2.40. The molecule has 0 bridgehead atoms. The number of nitrogen functional groups attached to an aromatic ring is 1. The molecule has 0 spiro atoms. The minimum absolute atomic E-state index is 0.732. The van der Waals surface area contributed by atoms with Crippen molar-refractivity contribution in [3.63, 3.8) is 0 Å². The Balaban J connectivity index is 2.00. The lowest BCUT2D eigenvalue weighted by Crippen LogP contribution is -1.95. The smallest absolute Gasteiger partial charge is 0.212 e.